The molecule has 0 unspecified atom stereocenters. The number of amides is 1. The largest absolute Gasteiger partial charge is 0.459 e. The van der Waals surface area contributed by atoms with Crippen LogP contribution in [0, 0.1) is 25.5 Å². The number of furan rings is 1. The summed E-state index contributed by atoms with van der Waals surface area (Å²) in [7, 11) is 0. The van der Waals surface area contributed by atoms with Crippen LogP contribution in [0.3, 0.4) is 0 Å². The van der Waals surface area contributed by atoms with Crippen molar-refractivity contribution in [1.29, 1.82) is 0 Å². The van der Waals surface area contributed by atoms with Crippen LogP contribution < -0.4 is 5.32 Å². The lowest BCUT2D eigenvalue weighted by molar-refractivity contribution is -0.121. The van der Waals surface area contributed by atoms with E-state index in [0.717, 1.165) is 23.5 Å². The molecule has 0 fully saturated rings. The number of nitrogens with zero attached hydrogens (tertiary/aromatic N) is 3. The summed E-state index contributed by atoms with van der Waals surface area (Å²) in [5.74, 6) is -0.628. The second-order valence-corrected chi connectivity index (χ2v) is 6.77. The lowest BCUT2D eigenvalue weighted by Crippen LogP contribution is -2.28. The molecule has 1 amide bonds. The van der Waals surface area contributed by atoms with Crippen LogP contribution in [0.2, 0.25) is 0 Å². The van der Waals surface area contributed by atoms with Crippen molar-refractivity contribution in [1.82, 2.24) is 20.1 Å². The molecule has 0 saturated heterocycles. The first-order valence-electron chi connectivity index (χ1n) is 9.17. The number of rotatable bonds is 6. The van der Waals surface area contributed by atoms with Gasteiger partial charge in [0.2, 0.25) is 11.8 Å². The molecule has 4 rings (SSSR count). The van der Waals surface area contributed by atoms with Gasteiger partial charge in [0, 0.05) is 29.6 Å². The van der Waals surface area contributed by atoms with E-state index in [-0.39, 0.29) is 30.5 Å². The van der Waals surface area contributed by atoms with Gasteiger partial charge in [-0.05, 0) is 38.1 Å². The first-order chi connectivity index (χ1) is 14.4. The average Bonchev–Trinajstić information content (AvgIpc) is 3.44. The second-order valence-electron chi connectivity index (χ2n) is 6.77. The van der Waals surface area contributed by atoms with Crippen molar-refractivity contribution >= 4 is 5.91 Å². The third kappa shape index (κ3) is 3.86. The molecule has 7 nitrogen and oxygen atoms in total. The van der Waals surface area contributed by atoms with Crippen LogP contribution in [0.1, 0.15) is 17.0 Å². The molecule has 1 N–H and O–H groups in total. The number of aromatic nitrogens is 3. The molecule has 30 heavy (non-hydrogen) atoms. The molecule has 0 bridgehead atoms. The van der Waals surface area contributed by atoms with Gasteiger partial charge in [0.15, 0.2) is 5.76 Å². The zero-order valence-electron chi connectivity index (χ0n) is 16.3. The van der Waals surface area contributed by atoms with Crippen LogP contribution in [0.25, 0.3) is 23.1 Å². The number of carbonyl (C=O) groups excluding carboxylic acids is 1. The van der Waals surface area contributed by atoms with E-state index < -0.39 is 11.6 Å². The van der Waals surface area contributed by atoms with E-state index in [1.807, 2.05) is 19.9 Å². The molecule has 3 aromatic heterocycles. The Morgan fingerprint density at radius 3 is 2.67 bits per heavy atom. The van der Waals surface area contributed by atoms with Crippen molar-refractivity contribution in [3.8, 4) is 23.1 Å². The fraction of sp³-hybridized carbons (Fsp3) is 0.190. The highest BCUT2D eigenvalue weighted by Crippen LogP contribution is 2.28. The van der Waals surface area contributed by atoms with Gasteiger partial charge in [-0.15, -0.1) is 10.2 Å². The van der Waals surface area contributed by atoms with Crippen molar-refractivity contribution in [2.75, 3.05) is 0 Å². The topological polar surface area (TPSA) is 86.1 Å². The molecule has 0 aliphatic rings. The maximum atomic E-state index is 13.7. The molecular formula is C21H18F2N4O3. The molecule has 1 aromatic carbocycles. The third-order valence-electron chi connectivity index (χ3n) is 4.75. The van der Waals surface area contributed by atoms with Crippen LogP contribution in [0.15, 0.2) is 51.5 Å². The van der Waals surface area contributed by atoms with Gasteiger partial charge >= 0.3 is 0 Å². The van der Waals surface area contributed by atoms with Gasteiger partial charge in [-0.3, -0.25) is 4.79 Å². The summed E-state index contributed by atoms with van der Waals surface area (Å²) in [6, 6.07) is 8.54. The van der Waals surface area contributed by atoms with Crippen molar-refractivity contribution in [3.63, 3.8) is 0 Å². The molecule has 3 heterocycles. The van der Waals surface area contributed by atoms with Crippen molar-refractivity contribution in [2.24, 2.45) is 0 Å². The van der Waals surface area contributed by atoms with Gasteiger partial charge in [0.05, 0.1) is 11.8 Å². The molecule has 0 saturated carbocycles. The quantitative estimate of drug-likeness (QED) is 0.517. The fourth-order valence-electron chi connectivity index (χ4n) is 3.15. The van der Waals surface area contributed by atoms with Crippen LogP contribution >= 0.6 is 0 Å². The molecule has 0 spiro atoms. The fourth-order valence-corrected chi connectivity index (χ4v) is 3.15. The Labute approximate surface area is 170 Å². The summed E-state index contributed by atoms with van der Waals surface area (Å²) in [4.78, 5) is 12.4. The summed E-state index contributed by atoms with van der Waals surface area (Å²) in [5, 5.41) is 10.7. The number of carbonyl (C=O) groups is 1. The van der Waals surface area contributed by atoms with Crippen LogP contribution in [0.5, 0.6) is 0 Å². The van der Waals surface area contributed by atoms with E-state index in [1.165, 1.54) is 12.3 Å². The van der Waals surface area contributed by atoms with E-state index in [0.29, 0.717) is 17.2 Å². The van der Waals surface area contributed by atoms with E-state index >= 15 is 0 Å². The lowest BCUT2D eigenvalue weighted by Gasteiger charge is -2.11. The number of halogens is 2. The summed E-state index contributed by atoms with van der Waals surface area (Å²) in [6.07, 6.45) is 1.52. The minimum atomic E-state index is -0.699. The number of hydrogen-bond donors (Lipinski definition) is 1. The number of hydrogen-bond acceptors (Lipinski definition) is 5. The molecule has 154 valence electrons. The summed E-state index contributed by atoms with van der Waals surface area (Å²) in [5.41, 5.74) is 2.51. The van der Waals surface area contributed by atoms with Crippen molar-refractivity contribution in [2.45, 2.75) is 26.9 Å². The van der Waals surface area contributed by atoms with Crippen LogP contribution in [-0.4, -0.2) is 20.7 Å². The van der Waals surface area contributed by atoms with Gasteiger partial charge in [0.1, 0.15) is 18.2 Å². The van der Waals surface area contributed by atoms with Crippen molar-refractivity contribution in [3.05, 3.63) is 71.2 Å². The van der Waals surface area contributed by atoms with Crippen LogP contribution in [0.4, 0.5) is 8.78 Å². The van der Waals surface area contributed by atoms with Gasteiger partial charge in [-0.1, -0.05) is 6.07 Å². The Balaban J connectivity index is 1.47. The monoisotopic (exact) mass is 412 g/mol. The van der Waals surface area contributed by atoms with E-state index in [1.54, 1.807) is 16.7 Å². The smallest absolute Gasteiger partial charge is 0.283 e. The normalized spacial score (nSPS) is 11.1. The van der Waals surface area contributed by atoms with Gasteiger partial charge < -0.3 is 18.7 Å². The molecular weight excluding hydrogens is 394 g/mol. The summed E-state index contributed by atoms with van der Waals surface area (Å²) in [6.45, 7) is 3.69. The highest BCUT2D eigenvalue weighted by molar-refractivity contribution is 5.76. The Morgan fingerprint density at radius 2 is 1.93 bits per heavy atom. The third-order valence-corrected chi connectivity index (χ3v) is 4.75. The van der Waals surface area contributed by atoms with Gasteiger partial charge in [-0.25, -0.2) is 8.78 Å². The Hall–Kier alpha value is -3.75. The predicted octanol–water partition coefficient (Wildman–Crippen LogP) is 4.01. The standard InChI is InChI=1S/C21H18F2N4O3/c1-12-8-16(20-25-26-21(30-20)18-4-3-7-29-18)13(2)27(12)11-19(28)24-10-14-5-6-15(22)9-17(14)23/h3-9H,10-11H2,1-2H3,(H,24,28). The van der Waals surface area contributed by atoms with Gasteiger partial charge in [-0.2, -0.15) is 0 Å². The molecule has 4 aromatic rings. The van der Waals surface area contributed by atoms with Crippen molar-refractivity contribution < 1.29 is 22.4 Å². The van der Waals surface area contributed by atoms with E-state index in [9.17, 15) is 13.6 Å². The minimum absolute atomic E-state index is 0.0274. The Kier molecular flexibility index (Phi) is 5.18. The molecule has 9 heteroatoms. The number of aryl methyl sites for hydroxylation is 1. The number of nitrogens with one attached hydrogen (secondary N) is 1. The molecule has 0 atom stereocenters. The predicted molar refractivity (Wildman–Crippen MR) is 103 cm³/mol. The highest BCUT2D eigenvalue weighted by Gasteiger charge is 2.19. The van der Waals surface area contributed by atoms with E-state index in [2.05, 4.69) is 15.5 Å². The van der Waals surface area contributed by atoms with E-state index in [4.69, 9.17) is 8.83 Å². The Morgan fingerprint density at radius 1 is 1.13 bits per heavy atom. The highest BCUT2D eigenvalue weighted by atomic mass is 19.1. The molecule has 0 aliphatic carbocycles. The summed E-state index contributed by atoms with van der Waals surface area (Å²) < 4.78 is 39.5. The first kappa shape index (κ1) is 19.6. The zero-order chi connectivity index (χ0) is 21.3. The average molecular weight is 412 g/mol. The maximum absolute atomic E-state index is 13.7. The minimum Gasteiger partial charge on any atom is -0.459 e. The molecule has 0 aliphatic heterocycles. The zero-order valence-corrected chi connectivity index (χ0v) is 16.3. The lowest BCUT2D eigenvalue weighted by atomic mass is 10.2. The van der Waals surface area contributed by atoms with Crippen LogP contribution in [-0.2, 0) is 17.9 Å². The summed E-state index contributed by atoms with van der Waals surface area (Å²) >= 11 is 0. The molecule has 0 radical (unpaired) electrons. The first-order valence-corrected chi connectivity index (χ1v) is 9.17. The Bertz CT molecular complexity index is 1200. The second kappa shape index (κ2) is 7.94. The van der Waals surface area contributed by atoms with Gasteiger partial charge in [0.25, 0.3) is 5.89 Å². The number of benzene rings is 1. The maximum Gasteiger partial charge on any atom is 0.283 e. The SMILES string of the molecule is Cc1cc(-c2nnc(-c3ccco3)o2)c(C)n1CC(=O)NCc1ccc(F)cc1F.